The highest BCUT2D eigenvalue weighted by Crippen LogP contribution is 2.25. The highest BCUT2D eigenvalue weighted by Gasteiger charge is 2.14. The molecule has 0 atom stereocenters. The maximum Gasteiger partial charge on any atom is 0.168 e. The van der Waals surface area contributed by atoms with Gasteiger partial charge in [0.2, 0.25) is 0 Å². The van der Waals surface area contributed by atoms with Gasteiger partial charge in [-0.1, -0.05) is 50.1 Å². The lowest BCUT2D eigenvalue weighted by Gasteiger charge is -2.07. The van der Waals surface area contributed by atoms with Gasteiger partial charge in [-0.15, -0.1) is 0 Å². The van der Waals surface area contributed by atoms with Crippen LogP contribution in [0.3, 0.4) is 0 Å². The van der Waals surface area contributed by atoms with Crippen LogP contribution in [0.25, 0.3) is 0 Å². The molecular weight excluding hydrogens is 380 g/mol. The highest BCUT2D eigenvalue weighted by molar-refractivity contribution is 9.11. The molecular formula is C17H14Br2O. The van der Waals surface area contributed by atoms with E-state index < -0.39 is 0 Å². The summed E-state index contributed by atoms with van der Waals surface area (Å²) in [6.07, 6.45) is 4.03. The maximum absolute atomic E-state index is 12.4. The van der Waals surface area contributed by atoms with Crippen molar-refractivity contribution in [3.05, 3.63) is 67.6 Å². The molecule has 2 aromatic rings. The Balaban J connectivity index is 1.84. The summed E-state index contributed by atoms with van der Waals surface area (Å²) < 4.78 is 1.78. The molecule has 0 saturated carbocycles. The third-order valence-electron chi connectivity index (χ3n) is 3.76. The summed E-state index contributed by atoms with van der Waals surface area (Å²) >= 11 is 6.87. The number of halogens is 2. The van der Waals surface area contributed by atoms with Gasteiger partial charge >= 0.3 is 0 Å². The van der Waals surface area contributed by atoms with Crippen molar-refractivity contribution in [1.82, 2.24) is 0 Å². The first-order valence-electron chi connectivity index (χ1n) is 6.72. The third kappa shape index (κ3) is 2.89. The molecule has 0 bridgehead atoms. The third-order valence-corrected chi connectivity index (χ3v) is 4.94. The Morgan fingerprint density at radius 1 is 1.00 bits per heavy atom. The van der Waals surface area contributed by atoms with Gasteiger partial charge in [-0.05, 0) is 54.2 Å². The molecule has 3 rings (SSSR count). The topological polar surface area (TPSA) is 17.1 Å². The minimum absolute atomic E-state index is 0.149. The van der Waals surface area contributed by atoms with E-state index in [0.717, 1.165) is 26.5 Å². The summed E-state index contributed by atoms with van der Waals surface area (Å²) in [7, 11) is 0. The normalized spacial score (nSPS) is 13.3. The maximum atomic E-state index is 12.4. The number of aryl methyl sites for hydroxylation is 2. The van der Waals surface area contributed by atoms with Crippen molar-refractivity contribution >= 4 is 37.6 Å². The minimum Gasteiger partial charge on any atom is -0.294 e. The van der Waals surface area contributed by atoms with Crippen molar-refractivity contribution in [3.63, 3.8) is 0 Å². The second-order valence-corrected chi connectivity index (χ2v) is 6.95. The predicted octanol–water partition coefficient (Wildman–Crippen LogP) is 5.13. The van der Waals surface area contributed by atoms with Crippen molar-refractivity contribution in [2.45, 2.75) is 25.7 Å². The molecule has 2 aromatic carbocycles. The molecule has 0 saturated heterocycles. The number of ketones is 1. The van der Waals surface area contributed by atoms with Gasteiger partial charge < -0.3 is 0 Å². The first-order chi connectivity index (χ1) is 9.63. The second kappa shape index (κ2) is 5.82. The van der Waals surface area contributed by atoms with Gasteiger partial charge in [-0.25, -0.2) is 0 Å². The van der Waals surface area contributed by atoms with Crippen LogP contribution in [0.2, 0.25) is 0 Å². The van der Waals surface area contributed by atoms with Crippen molar-refractivity contribution in [2.75, 3.05) is 0 Å². The van der Waals surface area contributed by atoms with Gasteiger partial charge in [0.05, 0.1) is 0 Å². The van der Waals surface area contributed by atoms with Crippen LogP contribution in [0.1, 0.15) is 33.5 Å². The standard InChI is InChI=1S/C17H14Br2O/c18-14-6-7-16(19)15(10-14)17(20)9-11-4-5-12-2-1-3-13(12)8-11/h4-8,10H,1-3,9H2. The van der Waals surface area contributed by atoms with E-state index in [9.17, 15) is 4.79 Å². The monoisotopic (exact) mass is 392 g/mol. The summed E-state index contributed by atoms with van der Waals surface area (Å²) in [5.74, 6) is 0.149. The largest absolute Gasteiger partial charge is 0.294 e. The Labute approximate surface area is 135 Å². The zero-order valence-electron chi connectivity index (χ0n) is 11.0. The summed E-state index contributed by atoms with van der Waals surface area (Å²) in [6.45, 7) is 0. The van der Waals surface area contributed by atoms with Crippen molar-refractivity contribution < 1.29 is 4.79 Å². The van der Waals surface area contributed by atoms with E-state index in [2.05, 4.69) is 50.1 Å². The quantitative estimate of drug-likeness (QED) is 0.661. The number of carbonyl (C=O) groups is 1. The van der Waals surface area contributed by atoms with Crippen LogP contribution >= 0.6 is 31.9 Å². The van der Waals surface area contributed by atoms with Gasteiger partial charge in [0, 0.05) is 20.9 Å². The molecule has 0 radical (unpaired) electrons. The lowest BCUT2D eigenvalue weighted by molar-refractivity contribution is 0.0992. The van der Waals surface area contributed by atoms with Crippen LogP contribution < -0.4 is 0 Å². The van der Waals surface area contributed by atoms with Gasteiger partial charge in [0.1, 0.15) is 0 Å². The number of fused-ring (bicyclic) bond motifs is 1. The fraction of sp³-hybridized carbons (Fsp3) is 0.235. The molecule has 1 aliphatic rings. The summed E-state index contributed by atoms with van der Waals surface area (Å²) in [5, 5.41) is 0. The molecule has 0 amide bonds. The number of hydrogen-bond donors (Lipinski definition) is 0. The molecule has 1 aliphatic carbocycles. The molecule has 3 heteroatoms. The second-order valence-electron chi connectivity index (χ2n) is 5.18. The lowest BCUT2D eigenvalue weighted by Crippen LogP contribution is -2.05. The van der Waals surface area contributed by atoms with E-state index in [-0.39, 0.29) is 5.78 Å². The molecule has 0 heterocycles. The molecule has 0 N–H and O–H groups in total. The zero-order valence-corrected chi connectivity index (χ0v) is 14.1. The van der Waals surface area contributed by atoms with Gasteiger partial charge in [-0.3, -0.25) is 4.79 Å². The Morgan fingerprint density at radius 2 is 1.80 bits per heavy atom. The van der Waals surface area contributed by atoms with E-state index in [4.69, 9.17) is 0 Å². The van der Waals surface area contributed by atoms with E-state index in [0.29, 0.717) is 6.42 Å². The SMILES string of the molecule is O=C(Cc1ccc2c(c1)CCC2)c1cc(Br)ccc1Br. The number of Topliss-reactive ketones (excluding diaryl/α,β-unsaturated/α-hetero) is 1. The van der Waals surface area contributed by atoms with E-state index >= 15 is 0 Å². The average Bonchev–Trinajstić information content (AvgIpc) is 2.89. The summed E-state index contributed by atoms with van der Waals surface area (Å²) in [4.78, 5) is 12.4. The fourth-order valence-corrected chi connectivity index (χ4v) is 3.56. The van der Waals surface area contributed by atoms with Crippen LogP contribution in [0.15, 0.2) is 45.3 Å². The van der Waals surface area contributed by atoms with E-state index in [1.165, 1.54) is 24.0 Å². The molecule has 20 heavy (non-hydrogen) atoms. The fourth-order valence-electron chi connectivity index (χ4n) is 2.73. The van der Waals surface area contributed by atoms with Crippen LogP contribution in [0.4, 0.5) is 0 Å². The first-order valence-corrected chi connectivity index (χ1v) is 8.31. The molecule has 1 nitrogen and oxygen atoms in total. The number of benzene rings is 2. The molecule has 0 spiro atoms. The Morgan fingerprint density at radius 3 is 2.65 bits per heavy atom. The Bertz CT molecular complexity index is 677. The number of rotatable bonds is 3. The number of hydrogen-bond acceptors (Lipinski definition) is 1. The van der Waals surface area contributed by atoms with Crippen LogP contribution in [-0.2, 0) is 19.3 Å². The molecule has 0 aliphatic heterocycles. The summed E-state index contributed by atoms with van der Waals surface area (Å²) in [5.41, 5.74) is 4.72. The molecule has 0 fully saturated rings. The smallest absolute Gasteiger partial charge is 0.168 e. The average molecular weight is 394 g/mol. The van der Waals surface area contributed by atoms with Crippen LogP contribution in [0, 0.1) is 0 Å². The Hall–Kier alpha value is -0.930. The molecule has 0 aromatic heterocycles. The van der Waals surface area contributed by atoms with Gasteiger partial charge in [-0.2, -0.15) is 0 Å². The number of carbonyl (C=O) groups excluding carboxylic acids is 1. The first kappa shape index (κ1) is 14.0. The van der Waals surface area contributed by atoms with Crippen molar-refractivity contribution in [1.29, 1.82) is 0 Å². The van der Waals surface area contributed by atoms with Gasteiger partial charge in [0.15, 0.2) is 5.78 Å². The van der Waals surface area contributed by atoms with Crippen molar-refractivity contribution in [2.24, 2.45) is 0 Å². The highest BCUT2D eigenvalue weighted by atomic mass is 79.9. The molecule has 0 unspecified atom stereocenters. The minimum atomic E-state index is 0.149. The lowest BCUT2D eigenvalue weighted by atomic mass is 9.99. The summed E-state index contributed by atoms with van der Waals surface area (Å²) in [6, 6.07) is 12.2. The van der Waals surface area contributed by atoms with Gasteiger partial charge in [0.25, 0.3) is 0 Å². The van der Waals surface area contributed by atoms with Crippen molar-refractivity contribution in [3.8, 4) is 0 Å². The zero-order chi connectivity index (χ0) is 14.1. The van der Waals surface area contributed by atoms with Crippen LogP contribution in [-0.4, -0.2) is 5.78 Å². The van der Waals surface area contributed by atoms with E-state index in [1.54, 1.807) is 0 Å². The van der Waals surface area contributed by atoms with E-state index in [1.807, 2.05) is 18.2 Å². The Kier molecular flexibility index (Phi) is 4.08. The predicted molar refractivity (Wildman–Crippen MR) is 88.3 cm³/mol. The van der Waals surface area contributed by atoms with Crippen LogP contribution in [0.5, 0.6) is 0 Å². The molecule has 102 valence electrons.